The SMILES string of the molecule is c1ccc(NCC2CCNCC2)c(Cn2cccn2)c1. The molecule has 1 aromatic carbocycles. The molecule has 1 aromatic heterocycles. The van der Waals surface area contributed by atoms with Crippen molar-refractivity contribution in [3.05, 3.63) is 48.3 Å². The molecule has 0 unspecified atom stereocenters. The zero-order chi connectivity index (χ0) is 13.6. The van der Waals surface area contributed by atoms with Crippen LogP contribution in [0.25, 0.3) is 0 Å². The number of benzene rings is 1. The maximum atomic E-state index is 4.28. The number of nitrogens with zero attached hydrogens (tertiary/aromatic N) is 2. The molecule has 2 heterocycles. The molecule has 4 nitrogen and oxygen atoms in total. The molecule has 2 aromatic rings. The van der Waals surface area contributed by atoms with E-state index in [9.17, 15) is 0 Å². The van der Waals surface area contributed by atoms with Crippen LogP contribution in [0.3, 0.4) is 0 Å². The fourth-order valence-electron chi connectivity index (χ4n) is 2.74. The van der Waals surface area contributed by atoms with Crippen LogP contribution in [0.2, 0.25) is 0 Å². The first-order valence-electron chi connectivity index (χ1n) is 7.42. The standard InChI is InChI=1S/C16H22N4/c1-2-5-16(18-12-14-6-9-17-10-7-14)15(4-1)13-20-11-3-8-19-20/h1-5,8,11,14,17-18H,6-7,9-10,12-13H2. The average Bonchev–Trinajstić information content (AvgIpc) is 3.00. The Morgan fingerprint density at radius 3 is 2.85 bits per heavy atom. The Bertz CT molecular complexity index is 515. The Balaban J connectivity index is 1.63. The minimum absolute atomic E-state index is 0.786. The van der Waals surface area contributed by atoms with Crippen LogP contribution < -0.4 is 10.6 Å². The van der Waals surface area contributed by atoms with Crippen molar-refractivity contribution in [2.75, 3.05) is 25.0 Å². The smallest absolute Gasteiger partial charge is 0.0679 e. The summed E-state index contributed by atoms with van der Waals surface area (Å²) >= 11 is 0. The Kier molecular flexibility index (Phi) is 4.33. The van der Waals surface area contributed by atoms with Crippen LogP contribution in [0, 0.1) is 5.92 Å². The number of hydrogen-bond acceptors (Lipinski definition) is 3. The fraction of sp³-hybridized carbons (Fsp3) is 0.438. The van der Waals surface area contributed by atoms with Crippen molar-refractivity contribution in [3.8, 4) is 0 Å². The van der Waals surface area contributed by atoms with E-state index in [4.69, 9.17) is 0 Å². The average molecular weight is 270 g/mol. The van der Waals surface area contributed by atoms with Gasteiger partial charge in [-0.1, -0.05) is 18.2 Å². The summed E-state index contributed by atoms with van der Waals surface area (Å²) in [7, 11) is 0. The summed E-state index contributed by atoms with van der Waals surface area (Å²) in [6.07, 6.45) is 6.37. The van der Waals surface area contributed by atoms with Gasteiger partial charge in [-0.3, -0.25) is 4.68 Å². The highest BCUT2D eigenvalue weighted by Crippen LogP contribution is 2.18. The van der Waals surface area contributed by atoms with Crippen LogP contribution in [-0.4, -0.2) is 29.4 Å². The molecule has 0 amide bonds. The van der Waals surface area contributed by atoms with Gasteiger partial charge in [0.25, 0.3) is 0 Å². The van der Waals surface area contributed by atoms with E-state index in [-0.39, 0.29) is 0 Å². The number of piperidine rings is 1. The van der Waals surface area contributed by atoms with E-state index < -0.39 is 0 Å². The predicted octanol–water partition coefficient (Wildman–Crippen LogP) is 2.34. The van der Waals surface area contributed by atoms with Gasteiger partial charge in [-0.05, 0) is 49.5 Å². The lowest BCUT2D eigenvalue weighted by atomic mass is 9.98. The molecule has 3 rings (SSSR count). The summed E-state index contributed by atoms with van der Waals surface area (Å²) in [6.45, 7) is 4.20. The molecule has 1 fully saturated rings. The summed E-state index contributed by atoms with van der Waals surface area (Å²) in [6, 6.07) is 10.5. The van der Waals surface area contributed by atoms with Gasteiger partial charge in [-0.15, -0.1) is 0 Å². The van der Waals surface area contributed by atoms with E-state index in [2.05, 4.69) is 40.0 Å². The van der Waals surface area contributed by atoms with E-state index >= 15 is 0 Å². The first kappa shape index (κ1) is 13.2. The van der Waals surface area contributed by atoms with Crippen molar-refractivity contribution >= 4 is 5.69 Å². The van der Waals surface area contributed by atoms with E-state index in [1.165, 1.54) is 24.1 Å². The lowest BCUT2D eigenvalue weighted by molar-refractivity contribution is 0.390. The highest BCUT2D eigenvalue weighted by atomic mass is 15.3. The minimum atomic E-state index is 0.786. The number of aromatic nitrogens is 2. The summed E-state index contributed by atoms with van der Waals surface area (Å²) in [4.78, 5) is 0. The number of hydrogen-bond donors (Lipinski definition) is 2. The lowest BCUT2D eigenvalue weighted by Gasteiger charge is -2.24. The van der Waals surface area contributed by atoms with Crippen LogP contribution in [-0.2, 0) is 6.54 Å². The zero-order valence-corrected chi connectivity index (χ0v) is 11.8. The molecule has 0 saturated carbocycles. The maximum Gasteiger partial charge on any atom is 0.0679 e. The second-order valence-corrected chi connectivity index (χ2v) is 5.44. The topological polar surface area (TPSA) is 41.9 Å². The second kappa shape index (κ2) is 6.57. The van der Waals surface area contributed by atoms with Crippen molar-refractivity contribution in [2.45, 2.75) is 19.4 Å². The van der Waals surface area contributed by atoms with Gasteiger partial charge in [-0.2, -0.15) is 5.10 Å². The number of rotatable bonds is 5. The summed E-state index contributed by atoms with van der Waals surface area (Å²) in [5.41, 5.74) is 2.53. The predicted molar refractivity (Wildman–Crippen MR) is 81.9 cm³/mol. The van der Waals surface area contributed by atoms with Crippen LogP contribution in [0.1, 0.15) is 18.4 Å². The van der Waals surface area contributed by atoms with Crippen molar-refractivity contribution in [1.82, 2.24) is 15.1 Å². The molecule has 106 valence electrons. The lowest BCUT2D eigenvalue weighted by Crippen LogP contribution is -2.31. The van der Waals surface area contributed by atoms with E-state index in [0.717, 1.165) is 32.1 Å². The maximum absolute atomic E-state index is 4.28. The molecule has 0 radical (unpaired) electrons. The number of anilines is 1. The molecule has 0 atom stereocenters. The van der Waals surface area contributed by atoms with Crippen molar-refractivity contribution in [2.24, 2.45) is 5.92 Å². The third-order valence-electron chi connectivity index (χ3n) is 3.95. The number of nitrogens with one attached hydrogen (secondary N) is 2. The van der Waals surface area contributed by atoms with Crippen molar-refractivity contribution < 1.29 is 0 Å². The summed E-state index contributed by atoms with van der Waals surface area (Å²) in [5, 5.41) is 11.3. The van der Waals surface area contributed by atoms with Crippen LogP contribution >= 0.6 is 0 Å². The molecule has 1 aliphatic rings. The fourth-order valence-corrected chi connectivity index (χ4v) is 2.74. The van der Waals surface area contributed by atoms with Gasteiger partial charge in [0.1, 0.15) is 0 Å². The van der Waals surface area contributed by atoms with Gasteiger partial charge in [0.2, 0.25) is 0 Å². The Hall–Kier alpha value is -1.81. The van der Waals surface area contributed by atoms with Gasteiger partial charge >= 0.3 is 0 Å². The Labute approximate surface area is 120 Å². The van der Waals surface area contributed by atoms with Crippen molar-refractivity contribution in [3.63, 3.8) is 0 Å². The third kappa shape index (κ3) is 3.39. The Morgan fingerprint density at radius 2 is 2.05 bits per heavy atom. The number of para-hydroxylation sites is 1. The minimum Gasteiger partial charge on any atom is -0.384 e. The van der Waals surface area contributed by atoms with E-state index in [1.807, 2.05) is 23.1 Å². The van der Waals surface area contributed by atoms with Gasteiger partial charge in [0, 0.05) is 24.6 Å². The first-order chi connectivity index (χ1) is 9.92. The normalized spacial score (nSPS) is 16.2. The summed E-state index contributed by atoms with van der Waals surface area (Å²) in [5.74, 6) is 0.786. The molecule has 0 bridgehead atoms. The molecular formula is C16H22N4. The second-order valence-electron chi connectivity index (χ2n) is 5.44. The monoisotopic (exact) mass is 270 g/mol. The molecule has 20 heavy (non-hydrogen) atoms. The molecule has 1 saturated heterocycles. The van der Waals surface area contributed by atoms with Crippen LogP contribution in [0.5, 0.6) is 0 Å². The van der Waals surface area contributed by atoms with Gasteiger partial charge in [0.05, 0.1) is 6.54 Å². The van der Waals surface area contributed by atoms with Gasteiger partial charge < -0.3 is 10.6 Å². The van der Waals surface area contributed by atoms with Crippen LogP contribution in [0.4, 0.5) is 5.69 Å². The van der Waals surface area contributed by atoms with Crippen molar-refractivity contribution in [1.29, 1.82) is 0 Å². The highest BCUT2D eigenvalue weighted by molar-refractivity contribution is 5.51. The molecule has 4 heteroatoms. The van der Waals surface area contributed by atoms with E-state index in [1.54, 1.807) is 0 Å². The van der Waals surface area contributed by atoms with E-state index in [0.29, 0.717) is 0 Å². The molecule has 0 spiro atoms. The quantitative estimate of drug-likeness (QED) is 0.876. The summed E-state index contributed by atoms with van der Waals surface area (Å²) < 4.78 is 1.96. The third-order valence-corrected chi connectivity index (χ3v) is 3.95. The largest absolute Gasteiger partial charge is 0.384 e. The zero-order valence-electron chi connectivity index (χ0n) is 11.8. The van der Waals surface area contributed by atoms with Gasteiger partial charge in [0.15, 0.2) is 0 Å². The van der Waals surface area contributed by atoms with Crippen LogP contribution in [0.15, 0.2) is 42.7 Å². The first-order valence-corrected chi connectivity index (χ1v) is 7.42. The molecule has 1 aliphatic heterocycles. The molecular weight excluding hydrogens is 248 g/mol. The molecule has 2 N–H and O–H groups in total. The van der Waals surface area contributed by atoms with Gasteiger partial charge in [-0.25, -0.2) is 0 Å². The highest BCUT2D eigenvalue weighted by Gasteiger charge is 2.13. The molecule has 0 aliphatic carbocycles. The Morgan fingerprint density at radius 1 is 1.20 bits per heavy atom.